The fourth-order valence-electron chi connectivity index (χ4n) is 7.17. The predicted octanol–water partition coefficient (Wildman–Crippen LogP) is -0.396. The molecule has 1 fully saturated rings. The van der Waals surface area contributed by atoms with E-state index < -0.39 is 54.4 Å². The Labute approximate surface area is 420 Å². The van der Waals surface area contributed by atoms with Crippen LogP contribution in [0.15, 0.2) is 54.6 Å². The van der Waals surface area contributed by atoms with Crippen LogP contribution in [-0.2, 0) is 60.7 Å². The Hall–Kier alpha value is -7.44. The Morgan fingerprint density at radius 3 is 2.14 bits per heavy atom. The molecule has 5 atom stereocenters. The van der Waals surface area contributed by atoms with Gasteiger partial charge in [-0.05, 0) is 42.8 Å². The molecule has 1 aromatic heterocycles. The van der Waals surface area contributed by atoms with Crippen molar-refractivity contribution in [3.8, 4) is 29.2 Å². The second kappa shape index (κ2) is 28.6. The van der Waals surface area contributed by atoms with E-state index in [0.29, 0.717) is 22.6 Å². The molecule has 0 aliphatic carbocycles. The van der Waals surface area contributed by atoms with Crippen molar-refractivity contribution in [2.45, 2.75) is 63.4 Å². The van der Waals surface area contributed by atoms with Crippen molar-refractivity contribution in [2.75, 3.05) is 89.9 Å². The van der Waals surface area contributed by atoms with Crippen LogP contribution in [0.25, 0.3) is 0 Å². The predicted molar refractivity (Wildman–Crippen MR) is 255 cm³/mol. The number of aromatic nitrogens is 1. The van der Waals surface area contributed by atoms with Gasteiger partial charge in [0, 0.05) is 37.1 Å². The first kappa shape index (κ1) is 58.1. The van der Waals surface area contributed by atoms with Crippen molar-refractivity contribution in [2.24, 2.45) is 0 Å². The summed E-state index contributed by atoms with van der Waals surface area (Å²) < 4.78 is 45.5. The molecule has 2 aliphatic rings. The van der Waals surface area contributed by atoms with Crippen LogP contribution < -0.4 is 45.2 Å². The lowest BCUT2D eigenvalue weighted by molar-refractivity contribution is -0.679. The molecular formula is C48H61N7O18. The standard InChI is InChI=1S/C47H57N7O18.CH3/c1-4-70-45-30(25-48)31(49)24-35(52-38(57)23-28-22-29(65-2)6-8-33(28)66-3)54(45)26-27-5-7-34(71-47-43(62)41(60)42(61)44(72-47)46(63)64)32(21-27)51-37(56)11-13-50-36(55)12-15-67-17-19-69-20-18-68-16-14-53-39(58)9-10-40(53)59;/h5-10,21-22,24,41-44,47,60-62H,4,11-20,23,26H2,1-3H3,(H5,49,50,51,52,55,56,57,63,64);1H3/q;-1/p+1/t41-,42-,43+,44-,47+;/m0./s1. The molecule has 3 heterocycles. The third-order valence-corrected chi connectivity index (χ3v) is 10.8. The van der Waals surface area contributed by atoms with E-state index in [-0.39, 0.29) is 139 Å². The SMILES string of the molecule is CCOc1c(C#N)c(N)cc(NC(=O)Cc2cc(OC)ccc2OC)[n+]1Cc1ccc(O[C@@H]2O[C@H](C(=O)O)[C@@H](O)[C@H](O)[C@H]2O)c(NC(=O)CCNC(=O)CCOCCOCCOCCN2C(=O)C=CC2=O)c1.[CH3-]. The molecule has 9 N–H and O–H groups in total. The van der Waals surface area contributed by atoms with Crippen molar-refractivity contribution in [1.82, 2.24) is 10.2 Å². The topological polar surface area (TPSA) is 350 Å². The van der Waals surface area contributed by atoms with Gasteiger partial charge in [0.05, 0.1) is 90.9 Å². The molecule has 25 heteroatoms. The molecule has 5 rings (SSSR count). The molecule has 25 nitrogen and oxygen atoms in total. The minimum Gasteiger partial charge on any atom is -0.497 e. The minimum atomic E-state index is -2.01. The van der Waals surface area contributed by atoms with Gasteiger partial charge in [-0.15, -0.1) is 0 Å². The van der Waals surface area contributed by atoms with Crippen molar-refractivity contribution in [3.63, 3.8) is 0 Å². The highest BCUT2D eigenvalue weighted by molar-refractivity contribution is 6.12. The number of nitrogen functional groups attached to an aromatic ring is 1. The lowest BCUT2D eigenvalue weighted by atomic mass is 9.99. The van der Waals surface area contributed by atoms with Crippen molar-refractivity contribution in [1.29, 1.82) is 5.26 Å². The van der Waals surface area contributed by atoms with E-state index in [9.17, 15) is 54.5 Å². The van der Waals surface area contributed by atoms with Gasteiger partial charge in [-0.1, -0.05) is 6.07 Å². The highest BCUT2D eigenvalue weighted by Gasteiger charge is 2.48. The molecule has 1 saturated heterocycles. The first-order chi connectivity index (χ1) is 34.6. The van der Waals surface area contributed by atoms with Crippen LogP contribution in [0, 0.1) is 18.8 Å². The van der Waals surface area contributed by atoms with Crippen molar-refractivity contribution in [3.05, 3.63) is 78.7 Å². The zero-order valence-corrected chi connectivity index (χ0v) is 40.7. The molecule has 5 amide bonds. The molecule has 73 heavy (non-hydrogen) atoms. The lowest BCUT2D eigenvalue weighted by Crippen LogP contribution is -2.61. The van der Waals surface area contributed by atoms with Crippen LogP contribution >= 0.6 is 0 Å². The number of nitrogens with one attached hydrogen (secondary N) is 3. The summed E-state index contributed by atoms with van der Waals surface area (Å²) in [6.45, 7) is 2.70. The van der Waals surface area contributed by atoms with E-state index >= 15 is 0 Å². The first-order valence-corrected chi connectivity index (χ1v) is 22.5. The number of ether oxygens (including phenoxy) is 8. The van der Waals surface area contributed by atoms with Gasteiger partial charge >= 0.3 is 17.8 Å². The fraction of sp³-hybridized carbons (Fsp3) is 0.438. The van der Waals surface area contributed by atoms with E-state index in [1.165, 1.54) is 55.2 Å². The third-order valence-electron chi connectivity index (χ3n) is 10.8. The second-order valence-electron chi connectivity index (χ2n) is 15.8. The van der Waals surface area contributed by atoms with Crippen LogP contribution in [-0.4, -0.2) is 165 Å². The van der Waals surface area contributed by atoms with E-state index in [0.717, 1.165) is 4.90 Å². The summed E-state index contributed by atoms with van der Waals surface area (Å²) >= 11 is 0. The molecule has 0 spiro atoms. The van der Waals surface area contributed by atoms with Gasteiger partial charge in [0.2, 0.25) is 18.1 Å². The number of aliphatic carboxylic acids is 1. The number of nitriles is 1. The number of nitrogens with two attached hydrogens (primary N) is 1. The molecule has 0 radical (unpaired) electrons. The number of carboxylic acid groups (broad SMARTS) is 1. The van der Waals surface area contributed by atoms with Gasteiger partial charge in [0.1, 0.15) is 48.2 Å². The molecule has 0 bridgehead atoms. The molecule has 2 aromatic carbocycles. The normalized spacial score (nSPS) is 18.0. The summed E-state index contributed by atoms with van der Waals surface area (Å²) in [6.07, 6.45) is -7.89. The van der Waals surface area contributed by atoms with Gasteiger partial charge in [0.15, 0.2) is 11.7 Å². The zero-order valence-electron chi connectivity index (χ0n) is 40.7. The fourth-order valence-corrected chi connectivity index (χ4v) is 7.17. The van der Waals surface area contributed by atoms with Crippen molar-refractivity contribution >= 4 is 52.7 Å². The number of aliphatic hydroxyl groups is 3. The number of aliphatic hydroxyl groups excluding tert-OH is 3. The Bertz CT molecular complexity index is 2480. The minimum absolute atomic E-state index is 0. The van der Waals surface area contributed by atoms with Crippen LogP contribution in [0.1, 0.15) is 36.5 Å². The van der Waals surface area contributed by atoms with E-state index in [1.807, 2.05) is 6.07 Å². The van der Waals surface area contributed by atoms with Gasteiger partial charge in [-0.3, -0.25) is 24.1 Å². The maximum absolute atomic E-state index is 13.6. The number of pyridine rings is 1. The Kier molecular flexibility index (Phi) is 22.7. The molecule has 3 aromatic rings. The monoisotopic (exact) mass is 1020 g/mol. The number of carbonyl (C=O) groups excluding carboxylic acids is 5. The summed E-state index contributed by atoms with van der Waals surface area (Å²) in [7, 11) is 2.94. The number of hydrogen-bond acceptors (Lipinski definition) is 19. The summed E-state index contributed by atoms with van der Waals surface area (Å²) in [5, 5.41) is 59.3. The summed E-state index contributed by atoms with van der Waals surface area (Å²) in [5.74, 6) is -3.16. The number of amides is 5. The summed E-state index contributed by atoms with van der Waals surface area (Å²) in [5.41, 5.74) is 7.08. The van der Waals surface area contributed by atoms with E-state index in [2.05, 4.69) is 16.0 Å². The molecule has 0 unspecified atom stereocenters. The number of hydrogen-bond donors (Lipinski definition) is 8. The molecule has 396 valence electrons. The second-order valence-corrected chi connectivity index (χ2v) is 15.8. The number of nitrogens with zero attached hydrogens (tertiary/aromatic N) is 3. The Morgan fingerprint density at radius 1 is 0.822 bits per heavy atom. The number of anilines is 3. The van der Waals surface area contributed by atoms with E-state index in [4.69, 9.17) is 43.6 Å². The maximum Gasteiger partial charge on any atom is 0.335 e. The number of methoxy groups -OCH3 is 2. The highest BCUT2D eigenvalue weighted by Crippen LogP contribution is 2.32. The Balaban J connectivity index is 0.0000116. The van der Waals surface area contributed by atoms with Gasteiger partial charge in [0.25, 0.3) is 17.6 Å². The number of benzene rings is 2. The smallest absolute Gasteiger partial charge is 0.335 e. The quantitative estimate of drug-likeness (QED) is 0.0199. The van der Waals surface area contributed by atoms with Crippen LogP contribution in [0.4, 0.5) is 17.2 Å². The third kappa shape index (κ3) is 16.3. The van der Waals surface area contributed by atoms with E-state index in [1.54, 1.807) is 25.1 Å². The zero-order chi connectivity index (χ0) is 52.3. The average molecular weight is 1020 g/mol. The average Bonchev–Trinajstić information content (AvgIpc) is 3.67. The highest BCUT2D eigenvalue weighted by atomic mass is 16.7. The van der Waals surface area contributed by atoms with Crippen LogP contribution in [0.2, 0.25) is 0 Å². The molecular weight excluding hydrogens is 963 g/mol. The Morgan fingerprint density at radius 2 is 1.49 bits per heavy atom. The van der Waals surface area contributed by atoms with Gasteiger partial charge in [-0.25, -0.2) is 14.9 Å². The van der Waals surface area contributed by atoms with Gasteiger partial charge in [-0.2, -0.15) is 9.83 Å². The number of carboxylic acids is 1. The van der Waals surface area contributed by atoms with Crippen LogP contribution in [0.5, 0.6) is 23.1 Å². The maximum atomic E-state index is 13.6. The number of carbonyl (C=O) groups is 6. The lowest BCUT2D eigenvalue weighted by Gasteiger charge is -2.38. The van der Waals surface area contributed by atoms with Gasteiger partial charge < -0.3 is 82.1 Å². The molecule has 0 saturated carbocycles. The largest absolute Gasteiger partial charge is 0.497 e. The molecule has 2 aliphatic heterocycles. The summed E-state index contributed by atoms with van der Waals surface area (Å²) in [6, 6.07) is 12.7. The van der Waals surface area contributed by atoms with Crippen molar-refractivity contribution < 1.29 is 91.7 Å². The number of imide groups is 1. The number of rotatable bonds is 28. The van der Waals surface area contributed by atoms with Crippen LogP contribution in [0.3, 0.4) is 0 Å². The summed E-state index contributed by atoms with van der Waals surface area (Å²) in [4.78, 5) is 75.7. The first-order valence-electron chi connectivity index (χ1n) is 22.5.